The van der Waals surface area contributed by atoms with Crippen LogP contribution < -0.4 is 10.5 Å². The molecule has 0 amide bonds. The van der Waals surface area contributed by atoms with E-state index in [0.717, 1.165) is 0 Å². The summed E-state index contributed by atoms with van der Waals surface area (Å²) in [6.07, 6.45) is 2.80. The molecule has 0 aromatic carbocycles. The number of carboxylic acids is 1. The van der Waals surface area contributed by atoms with Crippen molar-refractivity contribution in [2.24, 2.45) is 0 Å². The second-order valence-corrected chi connectivity index (χ2v) is 2.08. The van der Waals surface area contributed by atoms with Gasteiger partial charge in [0.15, 0.2) is 5.43 Å². The molecule has 0 bridgehead atoms. The second kappa shape index (κ2) is 3.01. The van der Waals surface area contributed by atoms with Crippen molar-refractivity contribution >= 4 is 5.97 Å². The number of carboxylic acid groups (broad SMARTS) is 1. The molecule has 1 aromatic rings. The molecule has 0 aliphatic rings. The first kappa shape index (κ1) is 7.53. The highest BCUT2D eigenvalue weighted by Crippen LogP contribution is 1.81. The minimum Gasteiger partial charge on any atom is -0.548 e. The van der Waals surface area contributed by atoms with Crippen molar-refractivity contribution < 1.29 is 9.90 Å². The van der Waals surface area contributed by atoms with Crippen LogP contribution in [0.2, 0.25) is 0 Å². The summed E-state index contributed by atoms with van der Waals surface area (Å²) in [6, 6.07) is 2.59. The van der Waals surface area contributed by atoms with Crippen LogP contribution in [0.4, 0.5) is 0 Å². The Labute approximate surface area is 62.7 Å². The van der Waals surface area contributed by atoms with Crippen molar-refractivity contribution in [1.82, 2.24) is 4.57 Å². The molecule has 0 unspecified atom stereocenters. The molecule has 0 radical (unpaired) electrons. The lowest BCUT2D eigenvalue weighted by Gasteiger charge is -2.04. The van der Waals surface area contributed by atoms with E-state index in [-0.39, 0.29) is 12.0 Å². The van der Waals surface area contributed by atoms with Crippen LogP contribution in [0, 0.1) is 0 Å². The molecular weight excluding hydrogens is 146 g/mol. The van der Waals surface area contributed by atoms with Crippen molar-refractivity contribution in [3.8, 4) is 0 Å². The van der Waals surface area contributed by atoms with E-state index in [0.29, 0.717) is 0 Å². The molecule has 11 heavy (non-hydrogen) atoms. The van der Waals surface area contributed by atoms with E-state index in [2.05, 4.69) is 0 Å². The van der Waals surface area contributed by atoms with Gasteiger partial charge in [0.25, 0.3) is 0 Å². The smallest absolute Gasteiger partial charge is 0.181 e. The molecule has 1 rings (SSSR count). The summed E-state index contributed by atoms with van der Waals surface area (Å²) in [6.45, 7) is -0.222. The monoisotopic (exact) mass is 152 g/mol. The summed E-state index contributed by atoms with van der Waals surface area (Å²) in [5.41, 5.74) is -0.139. The fourth-order valence-corrected chi connectivity index (χ4v) is 0.698. The minimum absolute atomic E-state index is 0.139. The molecule has 0 saturated heterocycles. The number of nitrogens with zero attached hydrogens (tertiary/aromatic N) is 1. The maximum absolute atomic E-state index is 10.5. The maximum Gasteiger partial charge on any atom is 0.181 e. The van der Waals surface area contributed by atoms with Crippen molar-refractivity contribution in [3.05, 3.63) is 34.7 Å². The van der Waals surface area contributed by atoms with Crippen LogP contribution in [0.5, 0.6) is 0 Å². The second-order valence-electron chi connectivity index (χ2n) is 2.08. The fourth-order valence-electron chi connectivity index (χ4n) is 0.698. The normalized spacial score (nSPS) is 9.45. The first-order valence-corrected chi connectivity index (χ1v) is 3.04. The summed E-state index contributed by atoms with van der Waals surface area (Å²) in [5, 5.41) is 10.0. The van der Waals surface area contributed by atoms with Crippen LogP contribution >= 0.6 is 0 Å². The molecule has 4 heteroatoms. The van der Waals surface area contributed by atoms with E-state index in [1.54, 1.807) is 0 Å². The largest absolute Gasteiger partial charge is 0.548 e. The number of carbonyl (C=O) groups excluding carboxylic acids is 1. The molecule has 0 atom stereocenters. The zero-order valence-electron chi connectivity index (χ0n) is 5.69. The van der Waals surface area contributed by atoms with Crippen LogP contribution in [-0.4, -0.2) is 10.5 Å². The van der Waals surface area contributed by atoms with Gasteiger partial charge < -0.3 is 14.5 Å². The third-order valence-corrected chi connectivity index (χ3v) is 1.17. The molecule has 58 valence electrons. The summed E-state index contributed by atoms with van der Waals surface area (Å²) in [7, 11) is 0. The van der Waals surface area contributed by atoms with E-state index >= 15 is 0 Å². The highest BCUT2D eigenvalue weighted by Gasteiger charge is 1.87. The molecule has 0 aliphatic heterocycles. The fraction of sp³-hybridized carbons (Fsp3) is 0.143. The zero-order chi connectivity index (χ0) is 8.27. The number of hydrogen-bond donors (Lipinski definition) is 0. The lowest BCUT2D eigenvalue weighted by atomic mass is 10.4. The van der Waals surface area contributed by atoms with Gasteiger partial charge in [0.1, 0.15) is 0 Å². The highest BCUT2D eigenvalue weighted by molar-refractivity contribution is 5.63. The molecular formula is C7H6NO3-. The minimum atomic E-state index is -1.17. The average Bonchev–Trinajstić information content (AvgIpc) is 1.93. The molecule has 4 nitrogen and oxygen atoms in total. The summed E-state index contributed by atoms with van der Waals surface area (Å²) in [4.78, 5) is 20.6. The third-order valence-electron chi connectivity index (χ3n) is 1.17. The van der Waals surface area contributed by atoms with Gasteiger partial charge in [-0.05, 0) is 0 Å². The summed E-state index contributed by atoms with van der Waals surface area (Å²) in [5.74, 6) is -1.17. The van der Waals surface area contributed by atoms with Crippen LogP contribution in [0.25, 0.3) is 0 Å². The summed E-state index contributed by atoms with van der Waals surface area (Å²) >= 11 is 0. The number of carbonyl (C=O) groups is 1. The van der Waals surface area contributed by atoms with E-state index in [4.69, 9.17) is 0 Å². The SMILES string of the molecule is O=C([O-])Cn1ccc(=O)cc1. The molecule has 1 heterocycles. The number of aliphatic carboxylic acids is 1. The standard InChI is InChI=1S/C7H7NO3/c9-6-1-3-8(4-2-6)5-7(10)11/h1-4H,5H2,(H,10,11)/p-1. The van der Waals surface area contributed by atoms with Gasteiger partial charge in [-0.25, -0.2) is 0 Å². The average molecular weight is 152 g/mol. The number of hydrogen-bond acceptors (Lipinski definition) is 3. The first-order valence-electron chi connectivity index (χ1n) is 3.04. The number of pyridine rings is 1. The summed E-state index contributed by atoms with van der Waals surface area (Å²) < 4.78 is 1.36. The quantitative estimate of drug-likeness (QED) is 0.523. The van der Waals surface area contributed by atoms with Crippen LogP contribution in [0.15, 0.2) is 29.3 Å². The molecule has 1 aromatic heterocycles. The Morgan fingerprint density at radius 3 is 2.45 bits per heavy atom. The Morgan fingerprint density at radius 2 is 2.00 bits per heavy atom. The predicted molar refractivity (Wildman–Crippen MR) is 35.7 cm³/mol. The highest BCUT2D eigenvalue weighted by atomic mass is 16.4. The van der Waals surface area contributed by atoms with Gasteiger partial charge in [-0.3, -0.25) is 4.79 Å². The van der Waals surface area contributed by atoms with Gasteiger partial charge in [-0.2, -0.15) is 0 Å². The predicted octanol–water partition coefficient (Wildman–Crippen LogP) is -1.40. The van der Waals surface area contributed by atoms with Gasteiger partial charge in [0.05, 0.1) is 12.5 Å². The van der Waals surface area contributed by atoms with Crippen molar-refractivity contribution in [1.29, 1.82) is 0 Å². The van der Waals surface area contributed by atoms with Crippen molar-refractivity contribution in [2.45, 2.75) is 6.54 Å². The number of aromatic nitrogens is 1. The van der Waals surface area contributed by atoms with E-state index in [9.17, 15) is 14.7 Å². The van der Waals surface area contributed by atoms with Crippen molar-refractivity contribution in [3.63, 3.8) is 0 Å². The molecule has 0 N–H and O–H groups in total. The molecule has 0 aliphatic carbocycles. The lowest BCUT2D eigenvalue weighted by molar-refractivity contribution is -0.306. The Morgan fingerprint density at radius 1 is 1.45 bits per heavy atom. The van der Waals surface area contributed by atoms with Crippen LogP contribution in [-0.2, 0) is 11.3 Å². The van der Waals surface area contributed by atoms with Gasteiger partial charge in [0, 0.05) is 24.5 Å². The van der Waals surface area contributed by atoms with Gasteiger partial charge in [0.2, 0.25) is 0 Å². The van der Waals surface area contributed by atoms with E-state index in [1.807, 2.05) is 0 Å². The molecule has 0 fully saturated rings. The van der Waals surface area contributed by atoms with Gasteiger partial charge in [-0.1, -0.05) is 0 Å². The van der Waals surface area contributed by atoms with Gasteiger partial charge >= 0.3 is 0 Å². The Kier molecular flexibility index (Phi) is 2.06. The Hall–Kier alpha value is -1.58. The van der Waals surface area contributed by atoms with E-state index in [1.165, 1.54) is 29.1 Å². The van der Waals surface area contributed by atoms with Crippen LogP contribution in [0.3, 0.4) is 0 Å². The molecule has 0 saturated carbocycles. The lowest BCUT2D eigenvalue weighted by Crippen LogP contribution is -2.27. The topological polar surface area (TPSA) is 62.1 Å². The first-order chi connectivity index (χ1) is 5.18. The number of rotatable bonds is 2. The zero-order valence-corrected chi connectivity index (χ0v) is 5.69. The van der Waals surface area contributed by atoms with Crippen molar-refractivity contribution in [2.75, 3.05) is 0 Å². The Bertz CT molecular complexity index is 295. The maximum atomic E-state index is 10.5. The van der Waals surface area contributed by atoms with Crippen LogP contribution in [0.1, 0.15) is 0 Å². The molecule has 0 spiro atoms. The third kappa shape index (κ3) is 2.25. The Balaban J connectivity index is 2.82. The van der Waals surface area contributed by atoms with E-state index < -0.39 is 5.97 Å². The van der Waals surface area contributed by atoms with Gasteiger partial charge in [-0.15, -0.1) is 0 Å².